The van der Waals surface area contributed by atoms with Crippen molar-refractivity contribution in [3.05, 3.63) is 179 Å². The molecular weight excluding hydrogens is 1050 g/mol. The normalized spacial score (nSPS) is 10.9. The van der Waals surface area contributed by atoms with Crippen LogP contribution in [0, 0.1) is 0 Å². The summed E-state index contributed by atoms with van der Waals surface area (Å²) in [5.74, 6) is -1.24. The highest BCUT2D eigenvalue weighted by molar-refractivity contribution is 6.10. The fraction of sp³-hybridized carbons (Fsp3) is 0.400. The number of hydrogen-bond donors (Lipinski definition) is 0. The first kappa shape index (κ1) is 64.1. The molecule has 0 aliphatic heterocycles. The summed E-state index contributed by atoms with van der Waals surface area (Å²) in [4.78, 5) is 81.7. The van der Waals surface area contributed by atoms with Gasteiger partial charge in [0.1, 0.15) is 34.5 Å². The van der Waals surface area contributed by atoms with Crippen LogP contribution in [0.4, 0.5) is 0 Å². The number of rotatable bonds is 37. The van der Waals surface area contributed by atoms with Gasteiger partial charge in [-0.2, -0.15) is 0 Å². The molecule has 0 saturated carbocycles. The quantitative estimate of drug-likeness (QED) is 0.0157. The molecule has 440 valence electrons. The highest BCUT2D eigenvalue weighted by Crippen LogP contribution is 2.24. The molecular formula is C70H83NO12. The van der Waals surface area contributed by atoms with Crippen LogP contribution in [0.3, 0.4) is 0 Å². The summed E-state index contributed by atoms with van der Waals surface area (Å²) in [6, 6.07) is 37.6. The van der Waals surface area contributed by atoms with Gasteiger partial charge in [0.05, 0.1) is 35.5 Å². The Hall–Kier alpha value is -8.06. The standard InChI is InChI=1S/C70H83NO12/c1-4-7-10-13-16-17-18-19-20-23-50-71(65(72)53-26-42-61(43-27-53)80-69(76)57-34-46-63(47-35-57)82-67(74)55-30-38-59(39-31-55)78-51-24-21-14-11-8-5-2)66(73)54-28-44-62(45-29-54)81-70(77)58-36-48-64(49-37-58)83-68(75)56-32-40-60(41-33-56)79-52-25-22-15-12-9-6-3/h26-49H,4-25,50-52H2,1-3H3. The minimum atomic E-state index is -0.663. The van der Waals surface area contributed by atoms with E-state index in [0.29, 0.717) is 42.3 Å². The number of ether oxygens (including phenoxy) is 6. The van der Waals surface area contributed by atoms with Gasteiger partial charge in [0.25, 0.3) is 11.8 Å². The molecule has 0 aliphatic carbocycles. The number of unbranched alkanes of at least 4 members (excludes halogenated alkanes) is 19. The molecule has 0 atom stereocenters. The number of nitrogens with zero attached hydrogens (tertiary/aromatic N) is 1. The molecule has 0 aliphatic rings. The predicted molar refractivity (Wildman–Crippen MR) is 323 cm³/mol. The first-order valence-electron chi connectivity index (χ1n) is 30.2. The lowest BCUT2D eigenvalue weighted by molar-refractivity contribution is 0.0610. The highest BCUT2D eigenvalue weighted by Gasteiger charge is 2.25. The van der Waals surface area contributed by atoms with Gasteiger partial charge in [-0.25, -0.2) is 19.2 Å². The molecule has 0 saturated heterocycles. The highest BCUT2D eigenvalue weighted by atomic mass is 16.5. The second-order valence-corrected chi connectivity index (χ2v) is 20.9. The third kappa shape index (κ3) is 22.7. The molecule has 0 spiro atoms. The minimum absolute atomic E-state index is 0.180. The van der Waals surface area contributed by atoms with Crippen LogP contribution in [0.25, 0.3) is 0 Å². The molecule has 2 amide bonds. The van der Waals surface area contributed by atoms with Crippen molar-refractivity contribution in [2.24, 2.45) is 0 Å². The summed E-state index contributed by atoms with van der Waals surface area (Å²) < 4.78 is 34.0. The number of imide groups is 1. The molecule has 6 aromatic carbocycles. The number of benzene rings is 6. The predicted octanol–water partition coefficient (Wildman–Crippen LogP) is 17.2. The van der Waals surface area contributed by atoms with Crippen molar-refractivity contribution in [3.63, 3.8) is 0 Å². The van der Waals surface area contributed by atoms with Crippen molar-refractivity contribution in [3.8, 4) is 34.5 Å². The van der Waals surface area contributed by atoms with Crippen LogP contribution < -0.4 is 28.4 Å². The second kappa shape index (κ2) is 36.4. The molecule has 0 bridgehead atoms. The minimum Gasteiger partial charge on any atom is -0.494 e. The lowest BCUT2D eigenvalue weighted by Crippen LogP contribution is -2.37. The number of amides is 2. The van der Waals surface area contributed by atoms with E-state index in [1.54, 1.807) is 48.5 Å². The first-order chi connectivity index (χ1) is 40.5. The van der Waals surface area contributed by atoms with Crippen molar-refractivity contribution in [1.29, 1.82) is 0 Å². The number of hydrogen-bond acceptors (Lipinski definition) is 12. The molecule has 6 aromatic rings. The fourth-order valence-corrected chi connectivity index (χ4v) is 9.20. The zero-order chi connectivity index (χ0) is 58.9. The first-order valence-corrected chi connectivity index (χ1v) is 30.2. The van der Waals surface area contributed by atoms with E-state index in [9.17, 15) is 28.8 Å². The van der Waals surface area contributed by atoms with Gasteiger partial charge in [-0.1, -0.05) is 143 Å². The monoisotopic (exact) mass is 1130 g/mol. The third-order valence-corrected chi connectivity index (χ3v) is 14.2. The van der Waals surface area contributed by atoms with Crippen LogP contribution in [-0.4, -0.2) is 60.4 Å². The molecule has 0 aromatic heterocycles. The Morgan fingerprint density at radius 2 is 0.482 bits per heavy atom. The molecule has 0 N–H and O–H groups in total. The Labute approximate surface area is 491 Å². The average Bonchev–Trinajstić information content (AvgIpc) is 3.53. The molecule has 0 heterocycles. The maximum absolute atomic E-state index is 14.2. The second-order valence-electron chi connectivity index (χ2n) is 20.9. The molecule has 0 radical (unpaired) electrons. The van der Waals surface area contributed by atoms with Crippen molar-refractivity contribution >= 4 is 35.7 Å². The Morgan fingerprint density at radius 3 is 0.747 bits per heavy atom. The molecule has 13 heteroatoms. The van der Waals surface area contributed by atoms with E-state index in [2.05, 4.69) is 20.8 Å². The van der Waals surface area contributed by atoms with Gasteiger partial charge in [-0.3, -0.25) is 14.5 Å². The fourth-order valence-electron chi connectivity index (χ4n) is 9.20. The van der Waals surface area contributed by atoms with Gasteiger partial charge < -0.3 is 28.4 Å². The maximum atomic E-state index is 14.2. The zero-order valence-electron chi connectivity index (χ0n) is 48.9. The summed E-state index contributed by atoms with van der Waals surface area (Å²) in [5.41, 5.74) is 1.57. The van der Waals surface area contributed by atoms with Gasteiger partial charge in [0.15, 0.2) is 0 Å². The third-order valence-electron chi connectivity index (χ3n) is 14.2. The Morgan fingerprint density at radius 1 is 0.265 bits per heavy atom. The van der Waals surface area contributed by atoms with Crippen LogP contribution in [0.2, 0.25) is 0 Å². The van der Waals surface area contributed by atoms with E-state index in [1.807, 2.05) is 0 Å². The topological polar surface area (TPSA) is 161 Å². The van der Waals surface area contributed by atoms with Crippen LogP contribution in [0.1, 0.15) is 224 Å². The van der Waals surface area contributed by atoms with E-state index in [4.69, 9.17) is 28.4 Å². The molecule has 0 unspecified atom stereocenters. The Kier molecular flexibility index (Phi) is 28.1. The largest absolute Gasteiger partial charge is 0.494 e. The van der Waals surface area contributed by atoms with E-state index >= 15 is 0 Å². The van der Waals surface area contributed by atoms with Crippen LogP contribution in [-0.2, 0) is 0 Å². The van der Waals surface area contributed by atoms with E-state index in [0.717, 1.165) is 51.4 Å². The Bertz CT molecular complexity index is 2710. The molecule has 13 nitrogen and oxygen atoms in total. The van der Waals surface area contributed by atoms with Crippen LogP contribution in [0.5, 0.6) is 34.5 Å². The molecule has 83 heavy (non-hydrogen) atoms. The molecule has 0 fully saturated rings. The van der Waals surface area contributed by atoms with E-state index < -0.39 is 35.7 Å². The SMILES string of the molecule is CCCCCCCCCCCCN(C(=O)c1ccc(OC(=O)c2ccc(OC(=O)c3ccc(OCCCCCCCC)cc3)cc2)cc1)C(=O)c1ccc(OC(=O)c2ccc(OC(=O)c3ccc(OCCCCCCCC)cc3)cc2)cc1. The summed E-state index contributed by atoms with van der Waals surface area (Å²) in [6.45, 7) is 8.03. The lowest BCUT2D eigenvalue weighted by Gasteiger charge is -2.21. The van der Waals surface area contributed by atoms with Crippen molar-refractivity contribution in [2.75, 3.05) is 19.8 Å². The smallest absolute Gasteiger partial charge is 0.343 e. The van der Waals surface area contributed by atoms with Gasteiger partial charge in [0.2, 0.25) is 0 Å². The van der Waals surface area contributed by atoms with E-state index in [1.165, 1.54) is 185 Å². The van der Waals surface area contributed by atoms with Crippen LogP contribution in [0.15, 0.2) is 146 Å². The summed E-state index contributed by atoms with van der Waals surface area (Å²) in [7, 11) is 0. The van der Waals surface area contributed by atoms with Crippen molar-refractivity contribution in [1.82, 2.24) is 4.90 Å². The number of carbonyl (C=O) groups is 6. The number of carbonyl (C=O) groups excluding carboxylic acids is 6. The zero-order valence-corrected chi connectivity index (χ0v) is 48.9. The summed E-state index contributed by atoms with van der Waals surface area (Å²) in [6.07, 6.45) is 24.9. The van der Waals surface area contributed by atoms with Gasteiger partial charge in [-0.05, 0) is 165 Å². The van der Waals surface area contributed by atoms with Crippen LogP contribution >= 0.6 is 0 Å². The summed E-state index contributed by atoms with van der Waals surface area (Å²) in [5, 5.41) is 0. The maximum Gasteiger partial charge on any atom is 0.343 e. The van der Waals surface area contributed by atoms with Gasteiger partial charge in [0, 0.05) is 17.7 Å². The van der Waals surface area contributed by atoms with Gasteiger partial charge in [-0.15, -0.1) is 0 Å². The van der Waals surface area contributed by atoms with E-state index in [-0.39, 0.29) is 51.8 Å². The van der Waals surface area contributed by atoms with Crippen molar-refractivity contribution in [2.45, 2.75) is 162 Å². The van der Waals surface area contributed by atoms with Gasteiger partial charge >= 0.3 is 23.9 Å². The molecule has 6 rings (SSSR count). The lowest BCUT2D eigenvalue weighted by atomic mass is 10.1. The average molecular weight is 1130 g/mol. The number of esters is 4. The Balaban J connectivity index is 0.994. The van der Waals surface area contributed by atoms with Crippen molar-refractivity contribution < 1.29 is 57.2 Å². The summed E-state index contributed by atoms with van der Waals surface area (Å²) >= 11 is 0.